The smallest absolute Gasteiger partial charge is 0.256 e. The van der Waals surface area contributed by atoms with Crippen molar-refractivity contribution in [2.24, 2.45) is 5.92 Å². The SMILES string of the molecule is O=C(c1ccccc1)C1CCN(C(=O)c2cccc3nsnc23)CC1. The summed E-state index contributed by atoms with van der Waals surface area (Å²) < 4.78 is 8.44. The van der Waals surface area contributed by atoms with Gasteiger partial charge in [0.25, 0.3) is 5.91 Å². The van der Waals surface area contributed by atoms with Gasteiger partial charge in [0, 0.05) is 24.6 Å². The molecule has 4 rings (SSSR count). The second-order valence-corrected chi connectivity index (χ2v) is 6.76. The summed E-state index contributed by atoms with van der Waals surface area (Å²) in [5, 5.41) is 0. The van der Waals surface area contributed by atoms with Crippen molar-refractivity contribution in [1.29, 1.82) is 0 Å². The van der Waals surface area contributed by atoms with Gasteiger partial charge in [0.2, 0.25) is 0 Å². The normalized spacial score (nSPS) is 15.4. The number of Topliss-reactive ketones (excluding diaryl/α,β-unsaturated/α-hetero) is 1. The number of hydrogen-bond acceptors (Lipinski definition) is 5. The molecule has 1 aliphatic heterocycles. The largest absolute Gasteiger partial charge is 0.339 e. The molecule has 25 heavy (non-hydrogen) atoms. The number of carbonyl (C=O) groups excluding carboxylic acids is 2. The third-order valence-corrected chi connectivity index (χ3v) is 5.27. The third kappa shape index (κ3) is 3.05. The number of fused-ring (bicyclic) bond motifs is 1. The fourth-order valence-corrected chi connectivity index (χ4v) is 3.88. The predicted molar refractivity (Wildman–Crippen MR) is 96.8 cm³/mol. The van der Waals surface area contributed by atoms with Crippen LogP contribution in [0.1, 0.15) is 33.6 Å². The Hall–Kier alpha value is -2.60. The molecule has 0 N–H and O–H groups in total. The maximum absolute atomic E-state index is 12.8. The lowest BCUT2D eigenvalue weighted by Gasteiger charge is -2.31. The Balaban J connectivity index is 1.46. The minimum atomic E-state index is -0.0242. The van der Waals surface area contributed by atoms with Gasteiger partial charge in [-0.05, 0) is 25.0 Å². The van der Waals surface area contributed by atoms with Crippen molar-refractivity contribution in [3.05, 3.63) is 59.7 Å². The number of carbonyl (C=O) groups is 2. The van der Waals surface area contributed by atoms with Gasteiger partial charge in [0.1, 0.15) is 11.0 Å². The van der Waals surface area contributed by atoms with Crippen molar-refractivity contribution >= 4 is 34.5 Å². The second-order valence-electron chi connectivity index (χ2n) is 6.23. The monoisotopic (exact) mass is 351 g/mol. The second kappa shape index (κ2) is 6.72. The number of hydrogen-bond donors (Lipinski definition) is 0. The lowest BCUT2D eigenvalue weighted by atomic mass is 9.88. The molecular weight excluding hydrogens is 334 g/mol. The molecule has 126 valence electrons. The molecule has 3 aromatic rings. The van der Waals surface area contributed by atoms with E-state index in [4.69, 9.17) is 0 Å². The van der Waals surface area contributed by atoms with Crippen LogP contribution in [0.5, 0.6) is 0 Å². The van der Waals surface area contributed by atoms with E-state index in [1.807, 2.05) is 47.4 Å². The summed E-state index contributed by atoms with van der Waals surface area (Å²) in [6.45, 7) is 1.19. The number of rotatable bonds is 3. The van der Waals surface area contributed by atoms with Crippen molar-refractivity contribution in [3.8, 4) is 0 Å². The maximum atomic E-state index is 12.8. The molecule has 1 amide bonds. The van der Waals surface area contributed by atoms with E-state index in [-0.39, 0.29) is 17.6 Å². The zero-order valence-electron chi connectivity index (χ0n) is 13.6. The molecule has 0 spiro atoms. The molecule has 0 aliphatic carbocycles. The first kappa shape index (κ1) is 15.9. The van der Waals surface area contributed by atoms with Crippen LogP contribution in [-0.4, -0.2) is 38.4 Å². The molecular formula is C19H17N3O2S. The molecule has 2 heterocycles. The van der Waals surface area contributed by atoms with Crippen molar-refractivity contribution in [1.82, 2.24) is 13.6 Å². The lowest BCUT2D eigenvalue weighted by molar-refractivity contribution is 0.0652. The van der Waals surface area contributed by atoms with Gasteiger partial charge < -0.3 is 4.90 Å². The van der Waals surface area contributed by atoms with E-state index in [0.717, 1.165) is 22.8 Å². The van der Waals surface area contributed by atoms with Gasteiger partial charge in [-0.3, -0.25) is 9.59 Å². The fraction of sp³-hybridized carbons (Fsp3) is 0.263. The summed E-state index contributed by atoms with van der Waals surface area (Å²) in [6, 6.07) is 14.9. The van der Waals surface area contributed by atoms with E-state index in [9.17, 15) is 9.59 Å². The number of amides is 1. The molecule has 0 unspecified atom stereocenters. The Labute approximate surface area is 149 Å². The summed E-state index contributed by atoms with van der Waals surface area (Å²) in [7, 11) is 0. The Morgan fingerprint density at radius 1 is 0.960 bits per heavy atom. The van der Waals surface area contributed by atoms with Gasteiger partial charge in [0.15, 0.2) is 5.78 Å². The van der Waals surface area contributed by atoms with Crippen LogP contribution in [0.2, 0.25) is 0 Å². The Morgan fingerprint density at radius 3 is 2.48 bits per heavy atom. The number of aromatic nitrogens is 2. The number of ketones is 1. The van der Waals surface area contributed by atoms with E-state index in [1.54, 1.807) is 6.07 Å². The van der Waals surface area contributed by atoms with Gasteiger partial charge in [-0.1, -0.05) is 36.4 Å². The highest BCUT2D eigenvalue weighted by molar-refractivity contribution is 7.00. The standard InChI is InChI=1S/C19H17N3O2S/c23-18(13-5-2-1-3-6-13)14-9-11-22(12-10-14)19(24)15-7-4-8-16-17(15)21-25-20-16/h1-8,14H,9-12H2. The highest BCUT2D eigenvalue weighted by Gasteiger charge is 2.29. The maximum Gasteiger partial charge on any atom is 0.256 e. The minimum absolute atomic E-state index is 0.0109. The molecule has 0 saturated carbocycles. The van der Waals surface area contributed by atoms with Gasteiger partial charge in [-0.15, -0.1) is 0 Å². The number of benzene rings is 2. The molecule has 1 fully saturated rings. The zero-order chi connectivity index (χ0) is 17.2. The molecule has 1 aliphatic rings. The van der Waals surface area contributed by atoms with Crippen LogP contribution in [0, 0.1) is 5.92 Å². The van der Waals surface area contributed by atoms with Gasteiger partial charge in [0.05, 0.1) is 17.3 Å². The van der Waals surface area contributed by atoms with E-state index in [0.29, 0.717) is 37.0 Å². The quantitative estimate of drug-likeness (QED) is 0.678. The van der Waals surface area contributed by atoms with Crippen LogP contribution >= 0.6 is 11.7 Å². The van der Waals surface area contributed by atoms with E-state index >= 15 is 0 Å². The summed E-state index contributed by atoms with van der Waals surface area (Å²) >= 11 is 1.12. The van der Waals surface area contributed by atoms with Gasteiger partial charge in [-0.25, -0.2) is 0 Å². The highest BCUT2D eigenvalue weighted by Crippen LogP contribution is 2.25. The first-order valence-electron chi connectivity index (χ1n) is 8.34. The van der Waals surface area contributed by atoms with Crippen LogP contribution in [0.25, 0.3) is 11.0 Å². The van der Waals surface area contributed by atoms with Crippen LogP contribution in [0.15, 0.2) is 48.5 Å². The predicted octanol–water partition coefficient (Wildman–Crippen LogP) is 3.43. The topological polar surface area (TPSA) is 63.2 Å². The van der Waals surface area contributed by atoms with Crippen LogP contribution in [0.4, 0.5) is 0 Å². The van der Waals surface area contributed by atoms with Crippen molar-refractivity contribution < 1.29 is 9.59 Å². The van der Waals surface area contributed by atoms with E-state index < -0.39 is 0 Å². The van der Waals surface area contributed by atoms with Gasteiger partial charge >= 0.3 is 0 Å². The fourth-order valence-electron chi connectivity index (χ4n) is 3.33. The van der Waals surface area contributed by atoms with Crippen LogP contribution < -0.4 is 0 Å². The highest BCUT2D eigenvalue weighted by atomic mass is 32.1. The molecule has 0 radical (unpaired) electrons. The summed E-state index contributed by atoms with van der Waals surface area (Å²) in [6.07, 6.45) is 1.40. The van der Waals surface area contributed by atoms with Gasteiger partial charge in [-0.2, -0.15) is 8.75 Å². The molecule has 5 nitrogen and oxygen atoms in total. The summed E-state index contributed by atoms with van der Waals surface area (Å²) in [5.41, 5.74) is 2.77. The molecule has 0 bridgehead atoms. The van der Waals surface area contributed by atoms with Crippen molar-refractivity contribution in [2.45, 2.75) is 12.8 Å². The zero-order valence-corrected chi connectivity index (χ0v) is 14.4. The number of piperidine rings is 1. The first-order chi connectivity index (χ1) is 12.2. The van der Waals surface area contributed by atoms with E-state index in [1.165, 1.54) is 0 Å². The first-order valence-corrected chi connectivity index (χ1v) is 9.07. The Bertz CT molecular complexity index is 915. The third-order valence-electron chi connectivity index (χ3n) is 4.73. The summed E-state index contributed by atoms with van der Waals surface area (Å²) in [5.74, 6) is 0.144. The lowest BCUT2D eigenvalue weighted by Crippen LogP contribution is -2.40. The summed E-state index contributed by atoms with van der Waals surface area (Å²) in [4.78, 5) is 27.2. The average Bonchev–Trinajstić information content (AvgIpc) is 3.16. The molecule has 1 saturated heterocycles. The molecule has 6 heteroatoms. The molecule has 2 aromatic carbocycles. The van der Waals surface area contributed by atoms with Crippen molar-refractivity contribution in [3.63, 3.8) is 0 Å². The Morgan fingerprint density at radius 2 is 1.72 bits per heavy atom. The van der Waals surface area contributed by atoms with Crippen molar-refractivity contribution in [2.75, 3.05) is 13.1 Å². The molecule has 1 aromatic heterocycles. The van der Waals surface area contributed by atoms with E-state index in [2.05, 4.69) is 8.75 Å². The minimum Gasteiger partial charge on any atom is -0.339 e. The number of nitrogens with zero attached hydrogens (tertiary/aromatic N) is 3. The molecule has 0 atom stereocenters. The average molecular weight is 351 g/mol. The Kier molecular flexibility index (Phi) is 4.28. The van der Waals surface area contributed by atoms with Crippen LogP contribution in [-0.2, 0) is 0 Å². The number of likely N-dealkylation sites (tertiary alicyclic amines) is 1. The van der Waals surface area contributed by atoms with Crippen LogP contribution in [0.3, 0.4) is 0 Å².